The zero-order valence-corrected chi connectivity index (χ0v) is 16.9. The lowest BCUT2D eigenvalue weighted by atomic mass is 9.62. The van der Waals surface area contributed by atoms with Crippen molar-refractivity contribution in [2.45, 2.75) is 77.0 Å². The van der Waals surface area contributed by atoms with E-state index >= 15 is 0 Å². The fourth-order valence-corrected chi connectivity index (χ4v) is 4.06. The maximum absolute atomic E-state index is 14.1. The van der Waals surface area contributed by atoms with Crippen molar-refractivity contribution in [1.29, 1.82) is 0 Å². The van der Waals surface area contributed by atoms with Gasteiger partial charge in [0.2, 0.25) is 0 Å². The quantitative estimate of drug-likeness (QED) is 0.458. The van der Waals surface area contributed by atoms with Gasteiger partial charge in [-0.15, -0.1) is 0 Å². The third-order valence-electron chi connectivity index (χ3n) is 5.88. The van der Waals surface area contributed by atoms with Crippen molar-refractivity contribution in [3.63, 3.8) is 0 Å². The van der Waals surface area contributed by atoms with Crippen LogP contribution in [0.3, 0.4) is 0 Å². The highest BCUT2D eigenvalue weighted by Gasteiger charge is 2.45. The van der Waals surface area contributed by atoms with Gasteiger partial charge in [0.1, 0.15) is 0 Å². The Hall–Kier alpha value is -1.89. The molecule has 2 unspecified atom stereocenters. The Morgan fingerprint density at radius 1 is 0.692 bits per heavy atom. The van der Waals surface area contributed by atoms with Gasteiger partial charge in [-0.25, -0.2) is 0 Å². The first-order chi connectivity index (χ1) is 12.5. The number of benzene rings is 2. The number of unbranched alkanes of at least 4 members (excludes halogenated alkanes) is 2. The number of ketones is 1. The van der Waals surface area contributed by atoms with Crippen molar-refractivity contribution in [1.82, 2.24) is 0 Å². The number of carbonyl (C=O) groups excluding carboxylic acids is 1. The first-order valence-electron chi connectivity index (χ1n) is 10.1. The summed E-state index contributed by atoms with van der Waals surface area (Å²) in [6.45, 7) is 8.72. The number of hydrogen-bond acceptors (Lipinski definition) is 1. The van der Waals surface area contributed by atoms with E-state index in [4.69, 9.17) is 0 Å². The third kappa shape index (κ3) is 4.26. The standard InChI is InChI=1S/C25H34O/c1-5-7-19-24(3,21-15-11-9-12-16-21)23(26)25(4,20-8-6-2)22-17-13-10-14-18-22/h9-18H,5-8,19-20H2,1-4H3. The molecule has 0 saturated carbocycles. The number of hydrogen-bond donors (Lipinski definition) is 0. The summed E-state index contributed by atoms with van der Waals surface area (Å²) >= 11 is 0. The van der Waals surface area contributed by atoms with E-state index in [1.54, 1.807) is 0 Å². The second kappa shape index (κ2) is 9.16. The molecular formula is C25H34O. The summed E-state index contributed by atoms with van der Waals surface area (Å²) in [6.07, 6.45) is 6.15. The summed E-state index contributed by atoms with van der Waals surface area (Å²) in [5.74, 6) is 0.365. The molecule has 0 N–H and O–H groups in total. The maximum atomic E-state index is 14.1. The minimum Gasteiger partial charge on any atom is -0.298 e. The molecule has 2 rings (SSSR count). The van der Waals surface area contributed by atoms with Gasteiger partial charge in [0.15, 0.2) is 5.78 Å². The highest BCUT2D eigenvalue weighted by Crippen LogP contribution is 2.41. The van der Waals surface area contributed by atoms with Crippen LogP contribution in [0.1, 0.15) is 77.3 Å². The third-order valence-corrected chi connectivity index (χ3v) is 5.88. The molecule has 1 heteroatoms. The Morgan fingerprint density at radius 2 is 1.04 bits per heavy atom. The molecule has 0 aliphatic rings. The van der Waals surface area contributed by atoms with Gasteiger partial charge in [-0.2, -0.15) is 0 Å². The van der Waals surface area contributed by atoms with Gasteiger partial charge < -0.3 is 0 Å². The van der Waals surface area contributed by atoms with E-state index in [-0.39, 0.29) is 0 Å². The second-order valence-electron chi connectivity index (χ2n) is 7.93. The monoisotopic (exact) mass is 350 g/mol. The molecule has 0 aliphatic carbocycles. The van der Waals surface area contributed by atoms with Crippen molar-refractivity contribution < 1.29 is 4.79 Å². The first kappa shape index (κ1) is 20.4. The lowest BCUT2D eigenvalue weighted by molar-refractivity contribution is -0.130. The summed E-state index contributed by atoms with van der Waals surface area (Å²) in [5.41, 5.74) is 1.40. The van der Waals surface area contributed by atoms with Crippen LogP contribution in [-0.4, -0.2) is 5.78 Å². The maximum Gasteiger partial charge on any atom is 0.153 e. The SMILES string of the molecule is CCCCC(C)(C(=O)C(C)(CCCC)c1ccccc1)c1ccccc1. The van der Waals surface area contributed by atoms with Crippen LogP contribution in [0.25, 0.3) is 0 Å². The average molecular weight is 351 g/mol. The van der Waals surface area contributed by atoms with Gasteiger partial charge in [-0.3, -0.25) is 4.79 Å². The predicted octanol–water partition coefficient (Wildman–Crippen LogP) is 6.85. The molecule has 0 radical (unpaired) electrons. The Morgan fingerprint density at radius 3 is 1.35 bits per heavy atom. The molecular weight excluding hydrogens is 316 g/mol. The molecule has 0 amide bonds. The van der Waals surface area contributed by atoms with Crippen LogP contribution in [0.4, 0.5) is 0 Å². The van der Waals surface area contributed by atoms with Gasteiger partial charge in [0, 0.05) is 0 Å². The minimum absolute atomic E-state index is 0.365. The zero-order valence-electron chi connectivity index (χ0n) is 16.9. The number of rotatable bonds is 10. The van der Waals surface area contributed by atoms with E-state index in [9.17, 15) is 4.79 Å². The lowest BCUT2D eigenvalue weighted by Gasteiger charge is -2.39. The van der Waals surface area contributed by atoms with Crippen LogP contribution >= 0.6 is 0 Å². The van der Waals surface area contributed by atoms with Crippen molar-refractivity contribution in [3.05, 3.63) is 71.8 Å². The molecule has 2 atom stereocenters. The Balaban J connectivity index is 2.52. The summed E-state index contributed by atoms with van der Waals surface area (Å²) in [7, 11) is 0. The van der Waals surface area contributed by atoms with E-state index in [0.717, 1.165) is 49.7 Å². The van der Waals surface area contributed by atoms with Crippen LogP contribution < -0.4 is 0 Å². The Bertz CT molecular complexity index is 616. The predicted molar refractivity (Wildman–Crippen MR) is 112 cm³/mol. The molecule has 0 saturated heterocycles. The largest absolute Gasteiger partial charge is 0.298 e. The molecule has 0 fully saturated rings. The average Bonchev–Trinajstić information content (AvgIpc) is 2.71. The van der Waals surface area contributed by atoms with Crippen LogP contribution in [0.5, 0.6) is 0 Å². The fraction of sp³-hybridized carbons (Fsp3) is 0.480. The Labute approximate surface area is 159 Å². The molecule has 0 heterocycles. The molecule has 0 aromatic heterocycles. The van der Waals surface area contributed by atoms with Crippen molar-refractivity contribution in [3.8, 4) is 0 Å². The highest BCUT2D eigenvalue weighted by atomic mass is 16.1. The van der Waals surface area contributed by atoms with Gasteiger partial charge >= 0.3 is 0 Å². The van der Waals surface area contributed by atoms with Crippen molar-refractivity contribution in [2.24, 2.45) is 0 Å². The molecule has 0 spiro atoms. The smallest absolute Gasteiger partial charge is 0.153 e. The van der Waals surface area contributed by atoms with Gasteiger partial charge in [-0.05, 0) is 37.8 Å². The van der Waals surface area contributed by atoms with Gasteiger partial charge in [-0.1, -0.05) is 100 Å². The van der Waals surface area contributed by atoms with Crippen molar-refractivity contribution >= 4 is 5.78 Å². The second-order valence-corrected chi connectivity index (χ2v) is 7.93. The first-order valence-corrected chi connectivity index (χ1v) is 10.1. The lowest BCUT2D eigenvalue weighted by Crippen LogP contribution is -2.46. The van der Waals surface area contributed by atoms with E-state index < -0.39 is 10.8 Å². The van der Waals surface area contributed by atoms with E-state index in [1.165, 1.54) is 0 Å². The van der Waals surface area contributed by atoms with Crippen LogP contribution in [0.15, 0.2) is 60.7 Å². The normalized spacial score (nSPS) is 15.8. The highest BCUT2D eigenvalue weighted by molar-refractivity contribution is 5.98. The van der Waals surface area contributed by atoms with Crippen LogP contribution in [0, 0.1) is 0 Å². The molecule has 26 heavy (non-hydrogen) atoms. The van der Waals surface area contributed by atoms with E-state index in [1.807, 2.05) is 12.1 Å². The van der Waals surface area contributed by atoms with Crippen LogP contribution in [-0.2, 0) is 15.6 Å². The fourth-order valence-electron chi connectivity index (χ4n) is 4.06. The summed E-state index contributed by atoms with van der Waals surface area (Å²) < 4.78 is 0. The summed E-state index contributed by atoms with van der Waals surface area (Å²) in [4.78, 5) is 14.1. The van der Waals surface area contributed by atoms with E-state index in [2.05, 4.69) is 76.2 Å². The zero-order chi connectivity index (χ0) is 19.0. The number of carbonyl (C=O) groups is 1. The van der Waals surface area contributed by atoms with Gasteiger partial charge in [0.05, 0.1) is 10.8 Å². The van der Waals surface area contributed by atoms with E-state index in [0.29, 0.717) is 5.78 Å². The summed E-state index contributed by atoms with van der Waals surface area (Å²) in [5, 5.41) is 0. The molecule has 0 aliphatic heterocycles. The Kier molecular flexibility index (Phi) is 7.20. The van der Waals surface area contributed by atoms with Crippen LogP contribution in [0.2, 0.25) is 0 Å². The molecule has 140 valence electrons. The molecule has 2 aromatic rings. The number of Topliss-reactive ketones (excluding diaryl/α,β-unsaturated/α-hetero) is 1. The molecule has 2 aromatic carbocycles. The molecule has 0 bridgehead atoms. The van der Waals surface area contributed by atoms with Crippen molar-refractivity contribution in [2.75, 3.05) is 0 Å². The van der Waals surface area contributed by atoms with Gasteiger partial charge in [0.25, 0.3) is 0 Å². The topological polar surface area (TPSA) is 17.1 Å². The summed E-state index contributed by atoms with van der Waals surface area (Å²) in [6, 6.07) is 20.8. The minimum atomic E-state index is -0.449. The molecule has 1 nitrogen and oxygen atoms in total.